The van der Waals surface area contributed by atoms with Crippen LogP contribution in [0.15, 0.2) is 40.6 Å². The molecule has 0 radical (unpaired) electrons. The number of aryl methyl sites for hydroxylation is 2. The number of thiazole rings is 1. The highest BCUT2D eigenvalue weighted by Crippen LogP contribution is 2.19. The van der Waals surface area contributed by atoms with E-state index in [1.54, 1.807) is 6.20 Å². The van der Waals surface area contributed by atoms with Gasteiger partial charge in [-0.05, 0) is 25.5 Å². The number of rotatable bonds is 3. The van der Waals surface area contributed by atoms with E-state index < -0.39 is 0 Å². The van der Waals surface area contributed by atoms with Crippen molar-refractivity contribution in [2.45, 2.75) is 20.5 Å². The van der Waals surface area contributed by atoms with Gasteiger partial charge in [0.15, 0.2) is 4.96 Å². The van der Waals surface area contributed by atoms with Gasteiger partial charge in [-0.2, -0.15) is 0 Å². The van der Waals surface area contributed by atoms with E-state index >= 15 is 0 Å². The van der Waals surface area contributed by atoms with Crippen LogP contribution in [0.3, 0.4) is 0 Å². The summed E-state index contributed by atoms with van der Waals surface area (Å²) >= 11 is 1.44. The van der Waals surface area contributed by atoms with Crippen LogP contribution in [0.1, 0.15) is 16.8 Å². The monoisotopic (exact) mass is 286 g/mol. The zero-order valence-corrected chi connectivity index (χ0v) is 12.1. The van der Waals surface area contributed by atoms with Gasteiger partial charge in [-0.15, -0.1) is 11.3 Å². The second kappa shape index (κ2) is 5.09. The first-order valence-electron chi connectivity index (χ1n) is 6.29. The van der Waals surface area contributed by atoms with Gasteiger partial charge < -0.3 is 4.74 Å². The standard InChI is InChI=1S/C15H14N2O2S/c1-10-3-4-13(11(2)7-10)19-9-12-8-14(18)17-5-6-20-15(17)16-12/h3-8H,9H2,1-2H3. The Balaban J connectivity index is 1.84. The normalized spacial score (nSPS) is 10.9. The second-order valence-corrected chi connectivity index (χ2v) is 5.57. The highest BCUT2D eigenvalue weighted by molar-refractivity contribution is 7.15. The molecule has 102 valence electrons. The maximum absolute atomic E-state index is 11.9. The predicted molar refractivity (Wildman–Crippen MR) is 79.6 cm³/mol. The molecule has 0 atom stereocenters. The Morgan fingerprint density at radius 3 is 2.95 bits per heavy atom. The molecule has 2 aromatic heterocycles. The van der Waals surface area contributed by atoms with E-state index in [-0.39, 0.29) is 5.56 Å². The maximum Gasteiger partial charge on any atom is 0.258 e. The summed E-state index contributed by atoms with van der Waals surface area (Å²) in [5, 5.41) is 1.85. The SMILES string of the molecule is Cc1ccc(OCc2cc(=O)n3ccsc3n2)c(C)c1. The molecule has 20 heavy (non-hydrogen) atoms. The maximum atomic E-state index is 11.9. The summed E-state index contributed by atoms with van der Waals surface area (Å²) in [7, 11) is 0. The molecule has 0 aliphatic carbocycles. The Morgan fingerprint density at radius 2 is 2.15 bits per heavy atom. The van der Waals surface area contributed by atoms with Gasteiger partial charge in [0.2, 0.25) is 0 Å². The average molecular weight is 286 g/mol. The van der Waals surface area contributed by atoms with Crippen LogP contribution in [0.25, 0.3) is 4.96 Å². The minimum atomic E-state index is -0.0736. The minimum Gasteiger partial charge on any atom is -0.487 e. The summed E-state index contributed by atoms with van der Waals surface area (Å²) in [6.07, 6.45) is 1.73. The molecule has 0 bridgehead atoms. The number of hydrogen-bond donors (Lipinski definition) is 0. The van der Waals surface area contributed by atoms with Crippen molar-refractivity contribution in [2.24, 2.45) is 0 Å². The number of ether oxygens (including phenoxy) is 1. The Labute approximate surface area is 120 Å². The lowest BCUT2D eigenvalue weighted by Gasteiger charge is -2.09. The third-order valence-electron chi connectivity index (χ3n) is 3.06. The number of fused-ring (bicyclic) bond motifs is 1. The largest absolute Gasteiger partial charge is 0.487 e. The molecule has 2 heterocycles. The van der Waals surface area contributed by atoms with Crippen LogP contribution in [0.4, 0.5) is 0 Å². The molecular weight excluding hydrogens is 272 g/mol. The van der Waals surface area contributed by atoms with E-state index in [9.17, 15) is 4.79 Å². The molecule has 0 aliphatic heterocycles. The van der Waals surface area contributed by atoms with Gasteiger partial charge >= 0.3 is 0 Å². The van der Waals surface area contributed by atoms with Crippen molar-refractivity contribution in [1.82, 2.24) is 9.38 Å². The van der Waals surface area contributed by atoms with Gasteiger partial charge in [-0.1, -0.05) is 17.7 Å². The van der Waals surface area contributed by atoms with Crippen LogP contribution in [0.5, 0.6) is 5.75 Å². The Bertz CT molecular complexity index is 820. The first-order chi connectivity index (χ1) is 9.63. The molecule has 0 saturated heterocycles. The molecule has 0 fully saturated rings. The van der Waals surface area contributed by atoms with Crippen LogP contribution in [0, 0.1) is 13.8 Å². The minimum absolute atomic E-state index is 0.0736. The third-order valence-corrected chi connectivity index (χ3v) is 3.82. The van der Waals surface area contributed by atoms with E-state index in [1.807, 2.05) is 31.4 Å². The molecule has 1 aromatic carbocycles. The van der Waals surface area contributed by atoms with Crippen molar-refractivity contribution < 1.29 is 4.74 Å². The first kappa shape index (κ1) is 12.9. The van der Waals surface area contributed by atoms with E-state index in [0.717, 1.165) is 11.3 Å². The summed E-state index contributed by atoms with van der Waals surface area (Å²) in [6.45, 7) is 4.35. The van der Waals surface area contributed by atoms with Gasteiger partial charge in [0.1, 0.15) is 12.4 Å². The lowest BCUT2D eigenvalue weighted by molar-refractivity contribution is 0.299. The Hall–Kier alpha value is -2.14. The van der Waals surface area contributed by atoms with Gasteiger partial charge in [0, 0.05) is 17.6 Å². The fraction of sp³-hybridized carbons (Fsp3) is 0.200. The van der Waals surface area contributed by atoms with Crippen molar-refractivity contribution in [3.05, 3.63) is 63.0 Å². The second-order valence-electron chi connectivity index (χ2n) is 4.70. The van der Waals surface area contributed by atoms with Crippen molar-refractivity contribution in [1.29, 1.82) is 0 Å². The third kappa shape index (κ3) is 2.44. The van der Waals surface area contributed by atoms with E-state index in [2.05, 4.69) is 11.1 Å². The van der Waals surface area contributed by atoms with Crippen LogP contribution in [0.2, 0.25) is 0 Å². The molecule has 0 saturated carbocycles. The highest BCUT2D eigenvalue weighted by Gasteiger charge is 2.05. The van der Waals surface area contributed by atoms with Crippen molar-refractivity contribution in [3.8, 4) is 5.75 Å². The first-order valence-corrected chi connectivity index (χ1v) is 7.17. The zero-order chi connectivity index (χ0) is 14.1. The molecule has 4 nitrogen and oxygen atoms in total. The quantitative estimate of drug-likeness (QED) is 0.743. The van der Waals surface area contributed by atoms with E-state index in [1.165, 1.54) is 27.4 Å². The van der Waals surface area contributed by atoms with Crippen molar-refractivity contribution >= 4 is 16.3 Å². The number of aromatic nitrogens is 2. The Morgan fingerprint density at radius 1 is 1.30 bits per heavy atom. The smallest absolute Gasteiger partial charge is 0.258 e. The Kier molecular flexibility index (Phi) is 3.28. The van der Waals surface area contributed by atoms with Crippen molar-refractivity contribution in [3.63, 3.8) is 0 Å². The van der Waals surface area contributed by atoms with Crippen LogP contribution >= 0.6 is 11.3 Å². The number of hydrogen-bond acceptors (Lipinski definition) is 4. The van der Waals surface area contributed by atoms with Gasteiger partial charge in [0.05, 0.1) is 5.69 Å². The lowest BCUT2D eigenvalue weighted by atomic mass is 10.1. The predicted octanol–water partition coefficient (Wildman–Crippen LogP) is 2.95. The molecule has 3 rings (SSSR count). The molecule has 0 unspecified atom stereocenters. The molecule has 0 spiro atoms. The van der Waals surface area contributed by atoms with E-state index in [4.69, 9.17) is 4.74 Å². The van der Waals surface area contributed by atoms with Crippen LogP contribution < -0.4 is 10.3 Å². The average Bonchev–Trinajstić information content (AvgIpc) is 2.86. The highest BCUT2D eigenvalue weighted by atomic mass is 32.1. The zero-order valence-electron chi connectivity index (χ0n) is 11.3. The summed E-state index contributed by atoms with van der Waals surface area (Å²) < 4.78 is 7.29. The molecule has 0 aliphatic rings. The molecule has 5 heteroatoms. The fourth-order valence-electron chi connectivity index (χ4n) is 2.07. The fourth-order valence-corrected chi connectivity index (χ4v) is 2.81. The lowest BCUT2D eigenvalue weighted by Crippen LogP contribution is -2.14. The summed E-state index contributed by atoms with van der Waals surface area (Å²) in [6, 6.07) is 7.54. The number of benzene rings is 1. The topological polar surface area (TPSA) is 43.6 Å². The number of nitrogens with zero attached hydrogens (tertiary/aromatic N) is 2. The van der Waals surface area contributed by atoms with Gasteiger partial charge in [-0.3, -0.25) is 9.20 Å². The summed E-state index contributed by atoms with van der Waals surface area (Å²) in [5.41, 5.74) is 2.86. The molecular formula is C15H14N2O2S. The van der Waals surface area contributed by atoms with Gasteiger partial charge in [-0.25, -0.2) is 4.98 Å². The summed E-state index contributed by atoms with van der Waals surface area (Å²) in [4.78, 5) is 17.0. The molecule has 3 aromatic rings. The van der Waals surface area contributed by atoms with Crippen LogP contribution in [-0.4, -0.2) is 9.38 Å². The van der Waals surface area contributed by atoms with Gasteiger partial charge in [0.25, 0.3) is 5.56 Å². The molecule has 0 N–H and O–H groups in total. The molecule has 0 amide bonds. The summed E-state index contributed by atoms with van der Waals surface area (Å²) in [5.74, 6) is 0.823. The van der Waals surface area contributed by atoms with Crippen LogP contribution in [-0.2, 0) is 6.61 Å². The van der Waals surface area contributed by atoms with Crippen molar-refractivity contribution in [2.75, 3.05) is 0 Å². The van der Waals surface area contributed by atoms with E-state index in [0.29, 0.717) is 17.3 Å².